The van der Waals surface area contributed by atoms with Crippen molar-refractivity contribution in [3.8, 4) is 17.1 Å². The Kier molecular flexibility index (Phi) is 3.96. The first-order valence-corrected chi connectivity index (χ1v) is 6.66. The van der Waals surface area contributed by atoms with E-state index < -0.39 is 4.92 Å². The van der Waals surface area contributed by atoms with Gasteiger partial charge in [0.2, 0.25) is 0 Å². The minimum absolute atomic E-state index is 0.00384. The predicted molar refractivity (Wildman–Crippen MR) is 79.2 cm³/mol. The van der Waals surface area contributed by atoms with Crippen molar-refractivity contribution in [3.63, 3.8) is 0 Å². The van der Waals surface area contributed by atoms with Crippen LogP contribution in [-0.4, -0.2) is 20.1 Å². The van der Waals surface area contributed by atoms with E-state index in [-0.39, 0.29) is 18.1 Å². The van der Waals surface area contributed by atoms with Gasteiger partial charge in [0.1, 0.15) is 18.2 Å². The number of benzene rings is 2. The second-order valence-corrected chi connectivity index (χ2v) is 4.65. The van der Waals surface area contributed by atoms with E-state index in [4.69, 9.17) is 4.74 Å². The topological polar surface area (TPSA) is 93.9 Å². The van der Waals surface area contributed by atoms with E-state index in [0.717, 1.165) is 0 Å². The van der Waals surface area contributed by atoms with Crippen LogP contribution in [0.25, 0.3) is 11.4 Å². The second kappa shape index (κ2) is 6.22. The Hall–Kier alpha value is -3.29. The number of nitrogens with zero attached hydrogens (tertiary/aromatic N) is 3. The van der Waals surface area contributed by atoms with Gasteiger partial charge in [-0.15, -0.1) is 0 Å². The summed E-state index contributed by atoms with van der Waals surface area (Å²) in [5, 5.41) is 17.4. The summed E-state index contributed by atoms with van der Waals surface area (Å²) in [6.45, 7) is 0.144. The number of nitro groups is 1. The lowest BCUT2D eigenvalue weighted by Crippen LogP contribution is -1.97. The number of H-pyrrole nitrogens is 1. The number of ether oxygens (including phenoxy) is 1. The van der Waals surface area contributed by atoms with E-state index in [0.29, 0.717) is 23.0 Å². The standard InChI is InChI=1S/C15H11FN4O3/c16-11-3-7-13(8-4-11)23-9-14-17-15(19-18-14)10-1-5-12(6-2-10)20(21)22/h1-8H,9H2,(H,17,18,19). The van der Waals surface area contributed by atoms with Crippen molar-refractivity contribution in [2.45, 2.75) is 6.61 Å². The number of aromatic amines is 1. The van der Waals surface area contributed by atoms with Crippen molar-refractivity contribution < 1.29 is 14.1 Å². The number of nitrogens with one attached hydrogen (secondary N) is 1. The molecule has 0 bridgehead atoms. The number of aromatic nitrogens is 3. The molecule has 116 valence electrons. The third-order valence-electron chi connectivity index (χ3n) is 3.06. The van der Waals surface area contributed by atoms with Crippen molar-refractivity contribution in [1.82, 2.24) is 15.2 Å². The summed E-state index contributed by atoms with van der Waals surface area (Å²) in [7, 11) is 0. The molecule has 1 heterocycles. The van der Waals surface area contributed by atoms with Crippen LogP contribution in [0.4, 0.5) is 10.1 Å². The summed E-state index contributed by atoms with van der Waals surface area (Å²) >= 11 is 0. The quantitative estimate of drug-likeness (QED) is 0.577. The molecule has 2 aromatic carbocycles. The van der Waals surface area contributed by atoms with Crippen LogP contribution in [-0.2, 0) is 6.61 Å². The lowest BCUT2D eigenvalue weighted by molar-refractivity contribution is -0.384. The molecule has 7 nitrogen and oxygen atoms in total. The fraction of sp³-hybridized carbons (Fsp3) is 0.0667. The molecule has 23 heavy (non-hydrogen) atoms. The van der Waals surface area contributed by atoms with Gasteiger partial charge in [0.05, 0.1) is 4.92 Å². The van der Waals surface area contributed by atoms with Crippen LogP contribution >= 0.6 is 0 Å². The van der Waals surface area contributed by atoms with Gasteiger partial charge in [-0.05, 0) is 36.4 Å². The van der Waals surface area contributed by atoms with Gasteiger partial charge in [0, 0.05) is 17.7 Å². The van der Waals surface area contributed by atoms with E-state index in [1.165, 1.54) is 36.4 Å². The molecule has 0 atom stereocenters. The van der Waals surface area contributed by atoms with Crippen LogP contribution in [0.3, 0.4) is 0 Å². The molecule has 3 aromatic rings. The van der Waals surface area contributed by atoms with E-state index >= 15 is 0 Å². The Morgan fingerprint density at radius 1 is 1.13 bits per heavy atom. The lowest BCUT2D eigenvalue weighted by atomic mass is 10.2. The van der Waals surface area contributed by atoms with Gasteiger partial charge < -0.3 is 4.74 Å². The zero-order valence-corrected chi connectivity index (χ0v) is 11.8. The Morgan fingerprint density at radius 3 is 2.48 bits per heavy atom. The maximum Gasteiger partial charge on any atom is 0.269 e. The number of non-ortho nitro benzene ring substituents is 1. The molecular weight excluding hydrogens is 303 g/mol. The molecular formula is C15H11FN4O3. The normalized spacial score (nSPS) is 10.5. The molecule has 1 aromatic heterocycles. The van der Waals surface area contributed by atoms with Crippen LogP contribution in [0.5, 0.6) is 5.75 Å². The zero-order valence-electron chi connectivity index (χ0n) is 11.8. The lowest BCUT2D eigenvalue weighted by Gasteiger charge is -2.02. The maximum absolute atomic E-state index is 12.8. The average molecular weight is 314 g/mol. The van der Waals surface area contributed by atoms with Gasteiger partial charge in [0.15, 0.2) is 11.6 Å². The van der Waals surface area contributed by atoms with Gasteiger partial charge in [-0.2, -0.15) is 5.10 Å². The van der Waals surface area contributed by atoms with Crippen molar-refractivity contribution in [2.24, 2.45) is 0 Å². The minimum Gasteiger partial charge on any atom is -0.486 e. The van der Waals surface area contributed by atoms with Gasteiger partial charge in [-0.3, -0.25) is 15.2 Å². The van der Waals surface area contributed by atoms with Gasteiger partial charge in [-0.25, -0.2) is 9.37 Å². The van der Waals surface area contributed by atoms with Crippen molar-refractivity contribution in [1.29, 1.82) is 0 Å². The molecule has 0 saturated carbocycles. The number of hydrogen-bond acceptors (Lipinski definition) is 5. The molecule has 3 rings (SSSR count). The predicted octanol–water partition coefficient (Wildman–Crippen LogP) is 3.10. The molecule has 8 heteroatoms. The Morgan fingerprint density at radius 2 is 1.83 bits per heavy atom. The van der Waals surface area contributed by atoms with Crippen LogP contribution in [0, 0.1) is 15.9 Å². The Bertz CT molecular complexity index is 815. The summed E-state index contributed by atoms with van der Waals surface area (Å²) in [6.07, 6.45) is 0. The fourth-order valence-electron chi connectivity index (χ4n) is 1.90. The molecule has 0 saturated heterocycles. The number of rotatable bonds is 5. The average Bonchev–Trinajstić information content (AvgIpc) is 3.03. The summed E-state index contributed by atoms with van der Waals surface area (Å²) in [5.74, 6) is 1.08. The van der Waals surface area contributed by atoms with Crippen molar-refractivity contribution in [2.75, 3.05) is 0 Å². The first kappa shape index (κ1) is 14.6. The molecule has 0 spiro atoms. The second-order valence-electron chi connectivity index (χ2n) is 4.65. The summed E-state index contributed by atoms with van der Waals surface area (Å²) in [5.41, 5.74) is 0.657. The summed E-state index contributed by atoms with van der Waals surface area (Å²) in [6, 6.07) is 11.6. The van der Waals surface area contributed by atoms with E-state index in [1.54, 1.807) is 12.1 Å². The molecule has 0 aliphatic heterocycles. The Balaban J connectivity index is 1.67. The van der Waals surface area contributed by atoms with Crippen LogP contribution < -0.4 is 4.74 Å². The molecule has 0 aliphatic rings. The smallest absolute Gasteiger partial charge is 0.269 e. The van der Waals surface area contributed by atoms with Crippen LogP contribution in [0.1, 0.15) is 5.82 Å². The fourth-order valence-corrected chi connectivity index (χ4v) is 1.90. The van der Waals surface area contributed by atoms with Crippen molar-refractivity contribution >= 4 is 5.69 Å². The van der Waals surface area contributed by atoms with Crippen LogP contribution in [0.2, 0.25) is 0 Å². The minimum atomic E-state index is -0.469. The highest BCUT2D eigenvalue weighted by atomic mass is 19.1. The van der Waals surface area contributed by atoms with Gasteiger partial charge >= 0.3 is 0 Å². The maximum atomic E-state index is 12.8. The first-order chi connectivity index (χ1) is 11.1. The molecule has 0 radical (unpaired) electrons. The summed E-state index contributed by atoms with van der Waals surface area (Å²) < 4.78 is 18.3. The molecule has 0 aliphatic carbocycles. The highest BCUT2D eigenvalue weighted by Gasteiger charge is 2.09. The highest BCUT2D eigenvalue weighted by molar-refractivity contribution is 5.56. The molecule has 1 N–H and O–H groups in total. The highest BCUT2D eigenvalue weighted by Crippen LogP contribution is 2.19. The SMILES string of the molecule is O=[N+]([O-])c1ccc(-c2n[nH]c(COc3ccc(F)cc3)n2)cc1. The van der Waals surface area contributed by atoms with Gasteiger partial charge in [0.25, 0.3) is 5.69 Å². The zero-order chi connectivity index (χ0) is 16.2. The Labute approximate surface area is 129 Å². The molecule has 0 amide bonds. The first-order valence-electron chi connectivity index (χ1n) is 6.66. The van der Waals surface area contributed by atoms with E-state index in [1.807, 2.05) is 0 Å². The third-order valence-corrected chi connectivity index (χ3v) is 3.06. The third kappa shape index (κ3) is 3.49. The van der Waals surface area contributed by atoms with Gasteiger partial charge in [-0.1, -0.05) is 0 Å². The van der Waals surface area contributed by atoms with Crippen molar-refractivity contribution in [3.05, 3.63) is 70.3 Å². The molecule has 0 unspecified atom stereocenters. The number of nitro benzene ring substituents is 1. The van der Waals surface area contributed by atoms with E-state index in [2.05, 4.69) is 15.2 Å². The largest absolute Gasteiger partial charge is 0.486 e. The number of hydrogen-bond donors (Lipinski definition) is 1. The monoisotopic (exact) mass is 314 g/mol. The van der Waals surface area contributed by atoms with Crippen LogP contribution in [0.15, 0.2) is 48.5 Å². The summed E-state index contributed by atoms with van der Waals surface area (Å²) in [4.78, 5) is 14.4. The molecule has 0 fully saturated rings. The van der Waals surface area contributed by atoms with E-state index in [9.17, 15) is 14.5 Å². The number of halogens is 1.